The summed E-state index contributed by atoms with van der Waals surface area (Å²) in [5, 5.41) is 19.9. The lowest BCUT2D eigenvalue weighted by atomic mass is 10.00. The van der Waals surface area contributed by atoms with Gasteiger partial charge in [0, 0.05) is 6.07 Å². The van der Waals surface area contributed by atoms with Crippen LogP contribution in [0.25, 0.3) is 17.0 Å². The Balaban J connectivity index is 1.83. The molecule has 6 nitrogen and oxygen atoms in total. The minimum absolute atomic E-state index is 0.0295. The molecule has 0 amide bonds. The zero-order valence-electron chi connectivity index (χ0n) is 14.1. The predicted octanol–water partition coefficient (Wildman–Crippen LogP) is 4.18. The molecule has 132 valence electrons. The topological polar surface area (TPSA) is 89.1 Å². The Morgan fingerprint density at radius 2 is 1.81 bits per heavy atom. The number of phenolic OH excluding ortho intramolecular Hbond substituents is 2. The van der Waals surface area contributed by atoms with Crippen LogP contribution in [-0.4, -0.2) is 15.8 Å². The second-order valence-electron chi connectivity index (χ2n) is 6.57. The van der Waals surface area contributed by atoms with Crippen LogP contribution >= 0.6 is 0 Å². The largest absolute Gasteiger partial charge is 0.508 e. The average molecular weight is 352 g/mol. The van der Waals surface area contributed by atoms with Gasteiger partial charge in [-0.25, -0.2) is 0 Å². The zero-order valence-corrected chi connectivity index (χ0v) is 14.1. The molecule has 0 saturated heterocycles. The molecular weight excluding hydrogens is 336 g/mol. The number of benzene rings is 2. The van der Waals surface area contributed by atoms with Gasteiger partial charge in [-0.3, -0.25) is 4.79 Å². The van der Waals surface area contributed by atoms with Gasteiger partial charge in [-0.1, -0.05) is 0 Å². The number of ether oxygens (including phenoxy) is 2. The number of hydrogen-bond donors (Lipinski definition) is 2. The first-order valence-electron chi connectivity index (χ1n) is 8.01. The Morgan fingerprint density at radius 1 is 1.08 bits per heavy atom. The summed E-state index contributed by atoms with van der Waals surface area (Å²) in [5.74, 6) is 0.703. The molecule has 26 heavy (non-hydrogen) atoms. The maximum Gasteiger partial charge on any atom is 0.294 e. The van der Waals surface area contributed by atoms with Gasteiger partial charge in [-0.15, -0.1) is 0 Å². The Labute approximate surface area is 148 Å². The molecule has 0 unspecified atom stereocenters. The molecule has 3 aromatic rings. The normalized spacial score (nSPS) is 14.7. The number of rotatable bonds is 2. The molecule has 1 aliphatic rings. The standard InChI is InChI=1S/C20H16O6/c1-20(2)8-7-13-15(26-20)10-16-18(19(13)23)14(22)9-17(25-16)24-12-5-3-11(21)4-6-12/h3-10,21,23H,1-2H3. The molecule has 0 fully saturated rings. The minimum Gasteiger partial charge on any atom is -0.508 e. The second-order valence-corrected chi connectivity index (χ2v) is 6.57. The summed E-state index contributed by atoms with van der Waals surface area (Å²) in [6, 6.07) is 8.73. The molecule has 0 spiro atoms. The third kappa shape index (κ3) is 2.75. The highest BCUT2D eigenvalue weighted by Crippen LogP contribution is 2.41. The molecular formula is C20H16O6. The summed E-state index contributed by atoms with van der Waals surface area (Å²) in [5.41, 5.74) is -0.364. The zero-order chi connectivity index (χ0) is 18.5. The monoisotopic (exact) mass is 352 g/mol. The Kier molecular flexibility index (Phi) is 3.44. The highest BCUT2D eigenvalue weighted by Gasteiger charge is 2.26. The third-order valence-electron chi connectivity index (χ3n) is 4.05. The summed E-state index contributed by atoms with van der Waals surface area (Å²) < 4.78 is 17.0. The van der Waals surface area contributed by atoms with E-state index < -0.39 is 11.0 Å². The van der Waals surface area contributed by atoms with Crippen molar-refractivity contribution in [1.82, 2.24) is 0 Å². The molecule has 0 radical (unpaired) electrons. The molecule has 2 aromatic carbocycles. The van der Waals surface area contributed by atoms with Gasteiger partial charge >= 0.3 is 0 Å². The van der Waals surface area contributed by atoms with Gasteiger partial charge in [0.25, 0.3) is 5.95 Å². The maximum absolute atomic E-state index is 12.5. The molecule has 0 aliphatic carbocycles. The molecule has 2 N–H and O–H groups in total. The number of fused-ring (bicyclic) bond motifs is 2. The number of phenols is 2. The van der Waals surface area contributed by atoms with Crippen molar-refractivity contribution in [2.45, 2.75) is 19.4 Å². The van der Waals surface area contributed by atoms with Gasteiger partial charge in [0.2, 0.25) is 0 Å². The molecule has 0 bridgehead atoms. The Morgan fingerprint density at radius 3 is 2.54 bits per heavy atom. The van der Waals surface area contributed by atoms with Crippen LogP contribution in [0.15, 0.2) is 51.7 Å². The van der Waals surface area contributed by atoms with Crippen molar-refractivity contribution in [3.63, 3.8) is 0 Å². The van der Waals surface area contributed by atoms with Crippen LogP contribution in [-0.2, 0) is 0 Å². The van der Waals surface area contributed by atoms with Gasteiger partial charge in [0.05, 0.1) is 11.6 Å². The van der Waals surface area contributed by atoms with Crippen molar-refractivity contribution in [1.29, 1.82) is 0 Å². The lowest BCUT2D eigenvalue weighted by Crippen LogP contribution is -2.27. The van der Waals surface area contributed by atoms with E-state index in [0.717, 1.165) is 0 Å². The summed E-state index contributed by atoms with van der Waals surface area (Å²) in [7, 11) is 0. The Bertz CT molecular complexity index is 1090. The quantitative estimate of drug-likeness (QED) is 0.719. The van der Waals surface area contributed by atoms with E-state index in [1.54, 1.807) is 24.3 Å². The first-order chi connectivity index (χ1) is 12.3. The first-order valence-corrected chi connectivity index (χ1v) is 8.01. The first kappa shape index (κ1) is 16.1. The fraction of sp³-hybridized carbons (Fsp3) is 0.150. The minimum atomic E-state index is -0.534. The van der Waals surface area contributed by atoms with Gasteiger partial charge < -0.3 is 24.1 Å². The highest BCUT2D eigenvalue weighted by atomic mass is 16.6. The molecule has 0 atom stereocenters. The summed E-state index contributed by atoms with van der Waals surface area (Å²) in [4.78, 5) is 12.5. The molecule has 2 heterocycles. The van der Waals surface area contributed by atoms with E-state index >= 15 is 0 Å². The fourth-order valence-corrected chi connectivity index (χ4v) is 2.80. The van der Waals surface area contributed by atoms with E-state index in [1.165, 1.54) is 18.2 Å². The van der Waals surface area contributed by atoms with Crippen molar-refractivity contribution in [2.24, 2.45) is 0 Å². The lowest BCUT2D eigenvalue weighted by molar-refractivity contribution is 0.158. The van der Waals surface area contributed by atoms with Gasteiger partial charge in [0.1, 0.15) is 39.6 Å². The smallest absolute Gasteiger partial charge is 0.294 e. The van der Waals surface area contributed by atoms with E-state index in [2.05, 4.69) is 0 Å². The van der Waals surface area contributed by atoms with Gasteiger partial charge in [-0.05, 0) is 50.3 Å². The van der Waals surface area contributed by atoms with Crippen molar-refractivity contribution in [3.8, 4) is 28.9 Å². The van der Waals surface area contributed by atoms with Crippen molar-refractivity contribution < 1.29 is 24.1 Å². The van der Waals surface area contributed by atoms with Gasteiger partial charge in [-0.2, -0.15) is 0 Å². The SMILES string of the molecule is CC1(C)C=Cc2c(cc3oc(Oc4ccc(O)cc4)cc(=O)c3c2O)O1. The molecule has 0 saturated carbocycles. The van der Waals surface area contributed by atoms with Crippen LogP contribution in [0.5, 0.6) is 28.9 Å². The summed E-state index contributed by atoms with van der Waals surface area (Å²) in [6.07, 6.45) is 3.54. The average Bonchev–Trinajstić information content (AvgIpc) is 2.55. The summed E-state index contributed by atoms with van der Waals surface area (Å²) in [6.45, 7) is 3.77. The van der Waals surface area contributed by atoms with E-state index in [9.17, 15) is 15.0 Å². The molecule has 1 aromatic heterocycles. The number of aromatic hydroxyl groups is 2. The van der Waals surface area contributed by atoms with Crippen LogP contribution in [0.3, 0.4) is 0 Å². The van der Waals surface area contributed by atoms with Crippen LogP contribution in [0.2, 0.25) is 0 Å². The molecule has 4 rings (SSSR count). The van der Waals surface area contributed by atoms with Crippen LogP contribution in [0.1, 0.15) is 19.4 Å². The molecule has 6 heteroatoms. The molecule has 1 aliphatic heterocycles. The number of hydrogen-bond acceptors (Lipinski definition) is 6. The fourth-order valence-electron chi connectivity index (χ4n) is 2.80. The van der Waals surface area contributed by atoms with E-state index in [4.69, 9.17) is 13.9 Å². The van der Waals surface area contributed by atoms with Crippen LogP contribution < -0.4 is 14.9 Å². The Hall–Kier alpha value is -3.41. The van der Waals surface area contributed by atoms with Crippen molar-refractivity contribution >= 4 is 17.0 Å². The highest BCUT2D eigenvalue weighted by molar-refractivity contribution is 5.91. The van der Waals surface area contributed by atoms with Crippen molar-refractivity contribution in [3.05, 3.63) is 58.3 Å². The van der Waals surface area contributed by atoms with Gasteiger partial charge in [0.15, 0.2) is 5.43 Å². The summed E-state index contributed by atoms with van der Waals surface area (Å²) >= 11 is 0. The van der Waals surface area contributed by atoms with Crippen LogP contribution in [0, 0.1) is 0 Å². The predicted molar refractivity (Wildman–Crippen MR) is 96.1 cm³/mol. The lowest BCUT2D eigenvalue weighted by Gasteiger charge is -2.28. The maximum atomic E-state index is 12.5. The third-order valence-corrected chi connectivity index (χ3v) is 4.05. The van der Waals surface area contributed by atoms with Crippen LogP contribution in [0.4, 0.5) is 0 Å². The van der Waals surface area contributed by atoms with E-state index in [-0.39, 0.29) is 28.4 Å². The van der Waals surface area contributed by atoms with E-state index in [1.807, 2.05) is 19.9 Å². The van der Waals surface area contributed by atoms with E-state index in [0.29, 0.717) is 17.1 Å². The second kappa shape index (κ2) is 5.56. The van der Waals surface area contributed by atoms with Crippen molar-refractivity contribution in [2.75, 3.05) is 0 Å².